The lowest BCUT2D eigenvalue weighted by molar-refractivity contribution is -0.136. The molecule has 3 N–H and O–H groups in total. The first-order valence-electron chi connectivity index (χ1n) is 13.2. The topological polar surface area (TPSA) is 92.2 Å². The smallest absolute Gasteiger partial charge is 0.328 e. The van der Waals surface area contributed by atoms with Gasteiger partial charge in [-0.3, -0.25) is 19.8 Å². The van der Waals surface area contributed by atoms with Gasteiger partial charge in [0.25, 0.3) is 5.91 Å². The van der Waals surface area contributed by atoms with E-state index in [4.69, 9.17) is 0 Å². The average molecular weight is 610 g/mol. The molecular weight excluding hydrogens is 580 g/mol. The fraction of sp³-hybridized carbons (Fsp3) is 0.121. The summed E-state index contributed by atoms with van der Waals surface area (Å²) in [5, 5.41) is 6.44. The van der Waals surface area contributed by atoms with Crippen LogP contribution in [0.4, 0.5) is 5.69 Å². The van der Waals surface area contributed by atoms with Gasteiger partial charge in [-0.25, -0.2) is 4.68 Å². The Bertz CT molecular complexity index is 1690. The van der Waals surface area contributed by atoms with Crippen molar-refractivity contribution in [2.24, 2.45) is 0 Å². The predicted molar refractivity (Wildman–Crippen MR) is 166 cm³/mol. The Morgan fingerprint density at radius 2 is 1.44 bits per heavy atom. The first-order valence-corrected chi connectivity index (χ1v) is 14.0. The van der Waals surface area contributed by atoms with Crippen molar-refractivity contribution >= 4 is 50.2 Å². The molecule has 5 aromatic rings. The molecule has 1 heterocycles. The molecule has 0 saturated carbocycles. The molecule has 4 aromatic carbocycles. The van der Waals surface area contributed by atoms with Crippen molar-refractivity contribution in [2.45, 2.75) is 19.8 Å². The molecule has 0 atom stereocenters. The molecule has 0 aliphatic rings. The van der Waals surface area contributed by atoms with Crippen LogP contribution in [0.1, 0.15) is 38.7 Å². The maximum absolute atomic E-state index is 13.4. The number of carbonyl (C=O) groups is 3. The predicted octanol–water partition coefficient (Wildman–Crippen LogP) is 6.29. The van der Waals surface area contributed by atoms with Crippen LogP contribution in [-0.2, 0) is 9.59 Å². The maximum atomic E-state index is 13.4. The van der Waals surface area contributed by atoms with E-state index in [0.29, 0.717) is 11.2 Å². The zero-order valence-corrected chi connectivity index (χ0v) is 24.2. The van der Waals surface area contributed by atoms with E-state index in [2.05, 4.69) is 32.0 Å². The number of carbonyl (C=O) groups excluding carboxylic acids is 3. The minimum absolute atomic E-state index is 0.141. The number of halogens is 1. The van der Waals surface area contributed by atoms with E-state index in [9.17, 15) is 14.4 Å². The number of rotatable bonds is 7. The molecule has 0 spiro atoms. The van der Waals surface area contributed by atoms with Gasteiger partial charge >= 0.3 is 11.8 Å². The van der Waals surface area contributed by atoms with Gasteiger partial charge in [-0.2, -0.15) is 0 Å². The lowest BCUT2D eigenvalue weighted by atomic mass is 9.91. The van der Waals surface area contributed by atoms with Gasteiger partial charge in [0.1, 0.15) is 5.69 Å². The third-order valence-electron chi connectivity index (χ3n) is 7.14. The molecular formula is C33H29BrN4O3. The summed E-state index contributed by atoms with van der Waals surface area (Å²) in [7, 11) is 0. The number of nitrogens with zero attached hydrogens (tertiary/aromatic N) is 1. The highest BCUT2D eigenvalue weighted by Crippen LogP contribution is 2.26. The van der Waals surface area contributed by atoms with Crippen molar-refractivity contribution in [3.05, 3.63) is 136 Å². The Balaban J connectivity index is 1.38. The van der Waals surface area contributed by atoms with E-state index in [0.717, 1.165) is 32.1 Å². The van der Waals surface area contributed by atoms with Gasteiger partial charge in [0.15, 0.2) is 0 Å². The lowest BCUT2D eigenvalue weighted by Gasteiger charge is -2.19. The number of anilines is 1. The van der Waals surface area contributed by atoms with Crippen LogP contribution in [0.5, 0.6) is 0 Å². The molecule has 8 heteroatoms. The van der Waals surface area contributed by atoms with Gasteiger partial charge in [0, 0.05) is 28.0 Å². The molecule has 0 fully saturated rings. The molecule has 7 nitrogen and oxygen atoms in total. The summed E-state index contributed by atoms with van der Waals surface area (Å²) in [6.45, 7) is 4.12. The number of benzene rings is 4. The van der Waals surface area contributed by atoms with Gasteiger partial charge < -0.3 is 10.6 Å². The second kappa shape index (κ2) is 12.2. The summed E-state index contributed by atoms with van der Waals surface area (Å²) in [5.74, 6) is -2.24. The number of nitrogens with one attached hydrogen (secondary N) is 3. The minimum atomic E-state index is -0.883. The molecule has 0 bridgehead atoms. The molecule has 1 aromatic heterocycles. The minimum Gasteiger partial charge on any atom is -0.347 e. The number of hydrogen-bond donors (Lipinski definition) is 3. The highest BCUT2D eigenvalue weighted by Gasteiger charge is 2.23. The summed E-state index contributed by atoms with van der Waals surface area (Å²) < 4.78 is 2.18. The zero-order valence-electron chi connectivity index (χ0n) is 22.6. The van der Waals surface area contributed by atoms with Crippen LogP contribution in [0, 0.1) is 13.8 Å². The average Bonchev–Trinajstić information content (AvgIpc) is 3.33. The quantitative estimate of drug-likeness (QED) is 0.190. The van der Waals surface area contributed by atoms with Crippen LogP contribution in [0.2, 0.25) is 0 Å². The Kier molecular flexibility index (Phi) is 8.31. The number of aromatic nitrogens is 1. The summed E-state index contributed by atoms with van der Waals surface area (Å²) in [5.41, 5.74) is 8.10. The third kappa shape index (κ3) is 6.23. The molecule has 41 heavy (non-hydrogen) atoms. The highest BCUT2D eigenvalue weighted by atomic mass is 79.9. The van der Waals surface area contributed by atoms with Crippen molar-refractivity contribution in [3.8, 4) is 0 Å². The SMILES string of the molecule is Cc1cccc(NC(=O)c2cc3cc(Br)ccc3n2NC(=O)C(=O)NCC(c2ccccc2)c2ccccc2)c1C. The van der Waals surface area contributed by atoms with Crippen LogP contribution in [0.3, 0.4) is 0 Å². The molecule has 0 unspecified atom stereocenters. The molecule has 0 saturated heterocycles. The van der Waals surface area contributed by atoms with E-state index in [-0.39, 0.29) is 18.2 Å². The van der Waals surface area contributed by atoms with E-state index < -0.39 is 17.7 Å². The normalized spacial score (nSPS) is 10.9. The number of hydrogen-bond acceptors (Lipinski definition) is 3. The van der Waals surface area contributed by atoms with Crippen molar-refractivity contribution in [1.82, 2.24) is 9.99 Å². The fourth-order valence-corrected chi connectivity index (χ4v) is 5.15. The molecule has 5 rings (SSSR count). The van der Waals surface area contributed by atoms with Gasteiger partial charge in [0.2, 0.25) is 0 Å². The fourth-order valence-electron chi connectivity index (χ4n) is 4.77. The largest absolute Gasteiger partial charge is 0.347 e. The van der Waals surface area contributed by atoms with Crippen LogP contribution < -0.4 is 16.1 Å². The summed E-state index contributed by atoms with van der Waals surface area (Å²) in [6.07, 6.45) is 0. The molecule has 0 radical (unpaired) electrons. The molecule has 0 aliphatic heterocycles. The summed E-state index contributed by atoms with van der Waals surface area (Å²) >= 11 is 3.46. The van der Waals surface area contributed by atoms with Crippen molar-refractivity contribution in [3.63, 3.8) is 0 Å². The first-order chi connectivity index (χ1) is 19.8. The van der Waals surface area contributed by atoms with Crippen molar-refractivity contribution in [2.75, 3.05) is 17.3 Å². The highest BCUT2D eigenvalue weighted by molar-refractivity contribution is 9.10. The Labute approximate surface area is 246 Å². The lowest BCUT2D eigenvalue weighted by Crippen LogP contribution is -2.41. The first kappa shape index (κ1) is 27.9. The van der Waals surface area contributed by atoms with Crippen LogP contribution >= 0.6 is 15.9 Å². The van der Waals surface area contributed by atoms with Crippen molar-refractivity contribution < 1.29 is 14.4 Å². The second-order valence-corrected chi connectivity index (χ2v) is 10.7. The second-order valence-electron chi connectivity index (χ2n) is 9.79. The van der Waals surface area contributed by atoms with E-state index in [1.165, 1.54) is 4.68 Å². The van der Waals surface area contributed by atoms with Crippen LogP contribution in [0.25, 0.3) is 10.9 Å². The summed E-state index contributed by atoms with van der Waals surface area (Å²) in [4.78, 5) is 39.6. The molecule has 3 amide bonds. The Hall–Kier alpha value is -4.69. The number of aryl methyl sites for hydroxylation is 1. The van der Waals surface area contributed by atoms with Crippen LogP contribution in [-0.4, -0.2) is 28.9 Å². The van der Waals surface area contributed by atoms with Gasteiger partial charge in [-0.1, -0.05) is 88.7 Å². The Morgan fingerprint density at radius 1 is 0.780 bits per heavy atom. The van der Waals surface area contributed by atoms with Crippen molar-refractivity contribution in [1.29, 1.82) is 0 Å². The molecule has 206 valence electrons. The maximum Gasteiger partial charge on any atom is 0.328 e. The standard InChI is InChI=1S/C33H29BrN4O3/c1-21-10-9-15-28(22(21)2)36-31(39)30-19-25-18-26(34)16-17-29(25)38(30)37-33(41)32(40)35-20-27(23-11-5-3-6-12-23)24-13-7-4-8-14-24/h3-19,27H,20H2,1-2H3,(H,35,40)(H,36,39)(H,37,41). The zero-order chi connectivity index (χ0) is 28.9. The van der Waals surface area contributed by atoms with Gasteiger partial charge in [-0.15, -0.1) is 0 Å². The van der Waals surface area contributed by atoms with E-state index >= 15 is 0 Å². The molecule has 0 aliphatic carbocycles. The van der Waals surface area contributed by atoms with Gasteiger partial charge in [-0.05, 0) is 66.4 Å². The number of fused-ring (bicyclic) bond motifs is 1. The van der Waals surface area contributed by atoms with E-state index in [1.54, 1.807) is 12.1 Å². The van der Waals surface area contributed by atoms with Crippen LogP contribution in [0.15, 0.2) is 108 Å². The summed E-state index contributed by atoms with van der Waals surface area (Å²) in [6, 6.07) is 32.4. The van der Waals surface area contributed by atoms with E-state index in [1.807, 2.05) is 105 Å². The van der Waals surface area contributed by atoms with Gasteiger partial charge in [0.05, 0.1) is 5.52 Å². The Morgan fingerprint density at radius 3 is 2.10 bits per heavy atom. The monoisotopic (exact) mass is 608 g/mol. The number of amides is 3. The third-order valence-corrected chi connectivity index (χ3v) is 7.63.